The van der Waals surface area contributed by atoms with Gasteiger partial charge in [-0.1, -0.05) is 0 Å². The molecule has 0 aromatic rings. The van der Waals surface area contributed by atoms with Gasteiger partial charge in [-0.2, -0.15) is 5.26 Å². The topological polar surface area (TPSA) is 23.8 Å². The van der Waals surface area contributed by atoms with Gasteiger partial charge in [-0.25, -0.2) is 4.39 Å². The molecule has 0 aromatic carbocycles. The van der Waals surface area contributed by atoms with Crippen LogP contribution in [0.2, 0.25) is 0 Å². The highest BCUT2D eigenvalue weighted by Gasteiger charge is 1.84. The zero-order valence-corrected chi connectivity index (χ0v) is 2.61. The molecule has 2 heteroatoms. The molecule has 1 nitrogen and oxygen atoms in total. The van der Waals surface area contributed by atoms with Crippen molar-refractivity contribution in [2.75, 3.05) is 0 Å². The van der Waals surface area contributed by atoms with Crippen LogP contribution in [0.3, 0.4) is 0 Å². The van der Waals surface area contributed by atoms with Crippen LogP contribution in [0.4, 0.5) is 4.39 Å². The normalized spacial score (nSPS) is 13.0. The first kappa shape index (κ1) is 4.42. The van der Waals surface area contributed by atoms with Crippen molar-refractivity contribution in [3.8, 4) is 6.07 Å². The monoisotopic (exact) mass is 72.0 g/mol. The Kier molecular flexibility index (Phi) is 1.51. The van der Waals surface area contributed by atoms with E-state index in [1.807, 2.05) is 0 Å². The minimum Gasteiger partial charge on any atom is -0.231 e. The van der Waals surface area contributed by atoms with Crippen LogP contribution >= 0.6 is 0 Å². The van der Waals surface area contributed by atoms with Crippen LogP contribution in [0.25, 0.3) is 0 Å². The van der Waals surface area contributed by atoms with E-state index in [-0.39, 0.29) is 0 Å². The highest BCUT2D eigenvalue weighted by atomic mass is 19.1. The van der Waals surface area contributed by atoms with E-state index in [0.717, 1.165) is 0 Å². The van der Waals surface area contributed by atoms with Crippen molar-refractivity contribution in [2.24, 2.45) is 0 Å². The number of alkyl halides is 1. The van der Waals surface area contributed by atoms with E-state index in [1.165, 1.54) is 6.07 Å². The third kappa shape index (κ3) is 3.42. The average molecular weight is 72.1 g/mol. The third-order valence-electron chi connectivity index (χ3n) is 0.140. The number of nitriles is 1. The average Bonchev–Trinajstić information content (AvgIpc) is 1.38. The van der Waals surface area contributed by atoms with E-state index in [9.17, 15) is 4.39 Å². The molecule has 5 heavy (non-hydrogen) atoms. The minimum absolute atomic E-state index is 1.25. The van der Waals surface area contributed by atoms with Crippen molar-refractivity contribution >= 4 is 0 Å². The van der Waals surface area contributed by atoms with Crippen LogP contribution in [-0.4, -0.2) is 6.17 Å². The van der Waals surface area contributed by atoms with Gasteiger partial charge in [0.25, 0.3) is 0 Å². The number of halogens is 1. The number of rotatable bonds is 0. The fourth-order valence-corrected chi connectivity index (χ4v) is 0. The molecule has 27 valence electrons. The molecule has 0 heterocycles. The van der Waals surface area contributed by atoms with Crippen molar-refractivity contribution in [2.45, 2.75) is 6.17 Å². The smallest absolute Gasteiger partial charge is 0.186 e. The Balaban J connectivity index is 2.94. The fourth-order valence-electron chi connectivity index (χ4n) is 0. The van der Waals surface area contributed by atoms with E-state index < -0.39 is 6.17 Å². The van der Waals surface area contributed by atoms with Crippen LogP contribution in [0.15, 0.2) is 0 Å². The summed E-state index contributed by atoms with van der Waals surface area (Å²) in [4.78, 5) is 0. The maximum Gasteiger partial charge on any atom is 0.186 e. The summed E-state index contributed by atoms with van der Waals surface area (Å²) in [6.45, 7) is 2.73. The Morgan fingerprint density at radius 1 is 2.00 bits per heavy atom. The lowest BCUT2D eigenvalue weighted by Gasteiger charge is -1.71. The van der Waals surface area contributed by atoms with Crippen LogP contribution in [-0.2, 0) is 0 Å². The molecule has 0 amide bonds. The molecule has 0 fully saturated rings. The summed E-state index contributed by atoms with van der Waals surface area (Å²) >= 11 is 0. The van der Waals surface area contributed by atoms with Gasteiger partial charge < -0.3 is 0 Å². The molecular weight excluding hydrogens is 69.0 g/mol. The number of hydrogen-bond donors (Lipinski definition) is 0. The first-order valence-electron chi connectivity index (χ1n) is 1.14. The SMILES string of the molecule is [CH2]C(F)C#N. The van der Waals surface area contributed by atoms with Gasteiger partial charge in [0.15, 0.2) is 6.17 Å². The molecule has 0 saturated heterocycles. The third-order valence-corrected chi connectivity index (χ3v) is 0.140. The van der Waals surface area contributed by atoms with Gasteiger partial charge in [-0.3, -0.25) is 0 Å². The van der Waals surface area contributed by atoms with Crippen LogP contribution in [0.5, 0.6) is 0 Å². The number of nitrogens with zero attached hydrogens (tertiary/aromatic N) is 1. The quantitative estimate of drug-likeness (QED) is 0.413. The summed E-state index contributed by atoms with van der Waals surface area (Å²) in [5.74, 6) is 0. The first-order valence-corrected chi connectivity index (χ1v) is 1.14. The van der Waals surface area contributed by atoms with Crippen molar-refractivity contribution in [1.82, 2.24) is 0 Å². The molecular formula is C3H3FN. The zero-order valence-electron chi connectivity index (χ0n) is 2.61. The summed E-state index contributed by atoms with van der Waals surface area (Å²) in [5, 5.41) is 7.46. The maximum atomic E-state index is 11.0. The zero-order chi connectivity index (χ0) is 4.28. The predicted octanol–water partition coefficient (Wildman–Crippen LogP) is 0.682. The lowest BCUT2D eigenvalue weighted by molar-refractivity contribution is 0.475. The first-order chi connectivity index (χ1) is 2.27. The van der Waals surface area contributed by atoms with E-state index >= 15 is 0 Å². The Bertz CT molecular complexity index is 52.4. The lowest BCUT2D eigenvalue weighted by atomic mass is 10.5. The largest absolute Gasteiger partial charge is 0.231 e. The Morgan fingerprint density at radius 2 is 2.20 bits per heavy atom. The molecule has 0 rings (SSSR count). The fraction of sp³-hybridized carbons (Fsp3) is 0.333. The van der Waals surface area contributed by atoms with Gasteiger partial charge >= 0.3 is 0 Å². The molecule has 1 atom stereocenters. The summed E-state index contributed by atoms with van der Waals surface area (Å²) in [7, 11) is 0. The van der Waals surface area contributed by atoms with E-state index in [4.69, 9.17) is 5.26 Å². The van der Waals surface area contributed by atoms with Gasteiger partial charge in [-0.15, -0.1) is 0 Å². The Morgan fingerprint density at radius 3 is 2.20 bits per heavy atom. The molecule has 0 N–H and O–H groups in total. The predicted molar refractivity (Wildman–Crippen MR) is 15.9 cm³/mol. The number of hydrogen-bond acceptors (Lipinski definition) is 1. The molecule has 0 aliphatic carbocycles. The second-order valence-electron chi connectivity index (χ2n) is 0.597. The highest BCUT2D eigenvalue weighted by Crippen LogP contribution is 1.77. The molecule has 0 bridgehead atoms. The standard InChI is InChI=1S/C3H3FN/c1-3(4)2-5/h3H,1H2. The summed E-state index contributed by atoms with van der Waals surface area (Å²) in [5.41, 5.74) is 0. The van der Waals surface area contributed by atoms with Crippen LogP contribution in [0.1, 0.15) is 0 Å². The molecule has 0 saturated carbocycles. The molecule has 1 radical (unpaired) electrons. The Labute approximate surface area is 30.0 Å². The maximum absolute atomic E-state index is 11.0. The van der Waals surface area contributed by atoms with Crippen molar-refractivity contribution < 1.29 is 4.39 Å². The molecule has 0 aliphatic heterocycles. The second kappa shape index (κ2) is 1.71. The van der Waals surface area contributed by atoms with E-state index in [2.05, 4.69) is 6.92 Å². The molecule has 0 aromatic heterocycles. The van der Waals surface area contributed by atoms with Gasteiger partial charge in [0.1, 0.15) is 0 Å². The summed E-state index contributed by atoms with van der Waals surface area (Å²) in [6, 6.07) is 1.25. The molecule has 0 aliphatic rings. The Hall–Kier alpha value is -0.580. The second-order valence-corrected chi connectivity index (χ2v) is 0.597. The molecule has 1 unspecified atom stereocenters. The van der Waals surface area contributed by atoms with Crippen molar-refractivity contribution in [3.63, 3.8) is 0 Å². The minimum atomic E-state index is -1.56. The van der Waals surface area contributed by atoms with Gasteiger partial charge in [0, 0.05) is 0 Å². The summed E-state index contributed by atoms with van der Waals surface area (Å²) < 4.78 is 11.0. The highest BCUT2D eigenvalue weighted by molar-refractivity contribution is 4.83. The van der Waals surface area contributed by atoms with Crippen LogP contribution in [0, 0.1) is 18.3 Å². The summed E-state index contributed by atoms with van der Waals surface area (Å²) in [6.07, 6.45) is -1.56. The van der Waals surface area contributed by atoms with E-state index in [0.29, 0.717) is 0 Å². The van der Waals surface area contributed by atoms with Crippen molar-refractivity contribution in [3.05, 3.63) is 6.92 Å². The molecule has 0 spiro atoms. The van der Waals surface area contributed by atoms with Crippen LogP contribution < -0.4 is 0 Å². The lowest BCUT2D eigenvalue weighted by Crippen LogP contribution is -1.80. The van der Waals surface area contributed by atoms with E-state index in [1.54, 1.807) is 0 Å². The van der Waals surface area contributed by atoms with Crippen molar-refractivity contribution in [1.29, 1.82) is 5.26 Å². The van der Waals surface area contributed by atoms with Gasteiger partial charge in [0.2, 0.25) is 0 Å². The van der Waals surface area contributed by atoms with Gasteiger partial charge in [0.05, 0.1) is 6.07 Å². The van der Waals surface area contributed by atoms with Gasteiger partial charge in [-0.05, 0) is 6.92 Å².